The minimum Gasteiger partial charge on any atom is -0.283 e. The number of nitrogens with zero attached hydrogens (tertiary/aromatic N) is 5. The Morgan fingerprint density at radius 2 is 0.955 bits per heavy atom. The number of amides is 6. The molecule has 0 atom stereocenters. The lowest BCUT2D eigenvalue weighted by Gasteiger charge is -2.17. The molecule has 0 unspecified atom stereocenters. The molecular weight excluding hydrogens is 574 g/mol. The van der Waals surface area contributed by atoms with E-state index in [0.29, 0.717) is 0 Å². The van der Waals surface area contributed by atoms with Crippen molar-refractivity contribution in [3.63, 3.8) is 0 Å². The second-order valence-electron chi connectivity index (χ2n) is 8.55. The normalized spacial score (nSPS) is 11.3. The first-order chi connectivity index (χ1) is 21.1. The summed E-state index contributed by atoms with van der Waals surface area (Å²) in [6, 6.07) is 17.2. The first kappa shape index (κ1) is 32.5. The van der Waals surface area contributed by atoms with E-state index >= 15 is 0 Å². The number of rotatable bonds is 10. The van der Waals surface area contributed by atoms with E-state index in [2.05, 4.69) is 15.2 Å². The van der Waals surface area contributed by atoms with Crippen molar-refractivity contribution in [2.45, 2.75) is 13.8 Å². The fourth-order valence-electron chi connectivity index (χ4n) is 3.45. The van der Waals surface area contributed by atoms with Crippen LogP contribution in [0.25, 0.3) is 0 Å². The molecule has 1 heterocycles. The van der Waals surface area contributed by atoms with E-state index in [1.807, 2.05) is 21.9 Å². The molecule has 17 nitrogen and oxygen atoms in total. The zero-order valence-electron chi connectivity index (χ0n) is 23.3. The van der Waals surface area contributed by atoms with Crippen molar-refractivity contribution in [2.24, 2.45) is 21.9 Å². The topological polar surface area (TPSA) is 247 Å². The largest absolute Gasteiger partial charge is 0.360 e. The first-order valence-corrected chi connectivity index (χ1v) is 12.6. The molecule has 1 aromatic heterocycles. The number of carbonyl (C=O) groups excluding carboxylic acids is 6. The third-order valence-corrected chi connectivity index (χ3v) is 5.58. The van der Waals surface area contributed by atoms with E-state index < -0.39 is 35.4 Å². The van der Waals surface area contributed by atoms with Crippen molar-refractivity contribution in [1.82, 2.24) is 36.9 Å². The molecule has 2 aromatic carbocycles. The number of hydrazine groups is 4. The van der Waals surface area contributed by atoms with Crippen LogP contribution in [0.1, 0.15) is 46.0 Å². The third-order valence-electron chi connectivity index (χ3n) is 5.58. The van der Waals surface area contributed by atoms with Crippen LogP contribution in [0.2, 0.25) is 0 Å². The monoisotopic (exact) mass is 601 g/mol. The van der Waals surface area contributed by atoms with Crippen LogP contribution in [0.4, 0.5) is 9.59 Å². The van der Waals surface area contributed by atoms with Gasteiger partial charge in [-0.3, -0.25) is 41.7 Å². The molecule has 8 N–H and O–H groups in total. The summed E-state index contributed by atoms with van der Waals surface area (Å²) in [6.45, 7) is 2.81. The van der Waals surface area contributed by atoms with Crippen molar-refractivity contribution in [3.8, 4) is 0 Å². The molecule has 0 bridgehead atoms. The van der Waals surface area contributed by atoms with Crippen molar-refractivity contribution in [1.29, 1.82) is 0 Å². The molecular formula is C27H27N11O6. The maximum Gasteiger partial charge on any atom is 0.360 e. The Hall–Kier alpha value is -6.01. The Kier molecular flexibility index (Phi) is 11.3. The Morgan fingerprint density at radius 3 is 1.30 bits per heavy atom. The highest BCUT2D eigenvalue weighted by molar-refractivity contribution is 6.45. The summed E-state index contributed by atoms with van der Waals surface area (Å²) < 4.78 is 0. The SMILES string of the molecule is CC(=NN(C(=O)NNN)C(=O)C(=O)c1ccccc1)c1cccc(C(C)=NN(C(=O)NNN)C(=O)C(=O)c2ccccc2)n1. The summed E-state index contributed by atoms with van der Waals surface area (Å²) in [4.78, 5) is 80.8. The van der Waals surface area contributed by atoms with Gasteiger partial charge < -0.3 is 0 Å². The summed E-state index contributed by atoms with van der Waals surface area (Å²) in [5.41, 5.74) is 7.96. The van der Waals surface area contributed by atoms with Gasteiger partial charge in [-0.1, -0.05) is 66.7 Å². The predicted molar refractivity (Wildman–Crippen MR) is 156 cm³/mol. The molecule has 0 aliphatic heterocycles. The second-order valence-corrected chi connectivity index (χ2v) is 8.55. The molecule has 0 radical (unpaired) electrons. The van der Waals surface area contributed by atoms with Gasteiger partial charge in [0.15, 0.2) is 0 Å². The van der Waals surface area contributed by atoms with Crippen molar-refractivity contribution >= 4 is 46.9 Å². The number of carbonyl (C=O) groups is 6. The van der Waals surface area contributed by atoms with Gasteiger partial charge in [-0.15, -0.1) is 10.0 Å². The van der Waals surface area contributed by atoms with Crippen LogP contribution >= 0.6 is 0 Å². The van der Waals surface area contributed by atoms with Gasteiger partial charge in [-0.25, -0.2) is 14.6 Å². The van der Waals surface area contributed by atoms with Gasteiger partial charge in [0.1, 0.15) is 0 Å². The Balaban J connectivity index is 1.96. The summed E-state index contributed by atoms with van der Waals surface area (Å²) in [6.07, 6.45) is 0. The zero-order chi connectivity index (χ0) is 32.2. The smallest absolute Gasteiger partial charge is 0.283 e. The Morgan fingerprint density at radius 1 is 0.591 bits per heavy atom. The summed E-state index contributed by atoms with van der Waals surface area (Å²) >= 11 is 0. The Labute approximate surface area is 249 Å². The van der Waals surface area contributed by atoms with Crippen LogP contribution in [-0.2, 0) is 9.59 Å². The molecule has 17 heteroatoms. The molecule has 0 spiro atoms. The molecule has 226 valence electrons. The lowest BCUT2D eigenvalue weighted by atomic mass is 10.1. The fraction of sp³-hybridized carbons (Fsp3) is 0.0741. The average molecular weight is 602 g/mol. The van der Waals surface area contributed by atoms with Gasteiger partial charge in [0.05, 0.1) is 22.8 Å². The van der Waals surface area contributed by atoms with E-state index in [1.165, 1.54) is 56.3 Å². The van der Waals surface area contributed by atoms with Gasteiger partial charge in [0.25, 0.3) is 11.6 Å². The number of Topliss-reactive ketones (excluding diaryl/α,β-unsaturated/α-hetero) is 2. The number of nitrogens with one attached hydrogen (secondary N) is 4. The standard InChI is InChI=1S/C27H27N11O6/c1-16(33-37(26(43)31-35-28)24(41)22(39)18-10-5-3-6-11-18)20-14-9-15-21(30-20)17(2)34-38(27(44)32-36-29)25(42)23(40)19-12-7-4-8-13-19/h3-15,35-36H,28-29H2,1-2H3,(H,31,43)(H,32,44). The number of urea groups is 2. The van der Waals surface area contributed by atoms with Crippen molar-refractivity contribution in [2.75, 3.05) is 0 Å². The van der Waals surface area contributed by atoms with Crippen molar-refractivity contribution < 1.29 is 28.8 Å². The molecule has 44 heavy (non-hydrogen) atoms. The maximum atomic E-state index is 12.9. The molecule has 0 saturated heterocycles. The van der Waals surface area contributed by atoms with Crippen LogP contribution in [0.3, 0.4) is 0 Å². The van der Waals surface area contributed by atoms with E-state index in [1.54, 1.807) is 36.4 Å². The number of ketones is 2. The highest BCUT2D eigenvalue weighted by Gasteiger charge is 2.30. The third kappa shape index (κ3) is 8.05. The quantitative estimate of drug-likeness (QED) is 0.0599. The minimum atomic E-state index is -1.28. The van der Waals surface area contributed by atoms with Crippen LogP contribution < -0.4 is 33.6 Å². The molecule has 3 rings (SSSR count). The number of hydrogen-bond acceptors (Lipinski definition) is 13. The zero-order valence-corrected chi connectivity index (χ0v) is 23.3. The summed E-state index contributed by atoms with van der Waals surface area (Å²) in [5, 5.41) is 8.52. The first-order valence-electron chi connectivity index (χ1n) is 12.6. The Bertz CT molecular complexity index is 1510. The second kappa shape index (κ2) is 15.3. The highest BCUT2D eigenvalue weighted by atomic mass is 16.2. The van der Waals surface area contributed by atoms with Gasteiger partial charge >= 0.3 is 23.9 Å². The van der Waals surface area contributed by atoms with Gasteiger partial charge in [0.2, 0.25) is 0 Å². The van der Waals surface area contributed by atoms with Crippen LogP contribution in [0, 0.1) is 0 Å². The molecule has 3 aromatic rings. The van der Waals surface area contributed by atoms with E-state index in [4.69, 9.17) is 11.7 Å². The highest BCUT2D eigenvalue weighted by Crippen LogP contribution is 2.10. The maximum absolute atomic E-state index is 12.9. The van der Waals surface area contributed by atoms with Crippen LogP contribution in [0.15, 0.2) is 89.1 Å². The van der Waals surface area contributed by atoms with E-state index in [0.717, 1.165) is 0 Å². The van der Waals surface area contributed by atoms with Crippen LogP contribution in [0.5, 0.6) is 0 Å². The number of hydrogen-bond donors (Lipinski definition) is 6. The molecule has 0 aliphatic carbocycles. The molecule has 0 fully saturated rings. The number of hydrazone groups is 2. The fourth-order valence-corrected chi connectivity index (χ4v) is 3.45. The summed E-state index contributed by atoms with van der Waals surface area (Å²) in [5.74, 6) is 5.67. The van der Waals surface area contributed by atoms with Gasteiger partial charge in [-0.05, 0) is 26.0 Å². The average Bonchev–Trinajstić information content (AvgIpc) is 3.05. The molecule has 0 saturated carbocycles. The number of nitrogens with two attached hydrogens (primary N) is 2. The van der Waals surface area contributed by atoms with Crippen molar-refractivity contribution in [3.05, 3.63) is 101 Å². The van der Waals surface area contributed by atoms with E-state index in [9.17, 15) is 28.8 Å². The number of imide groups is 2. The molecule has 0 aliphatic rings. The predicted octanol–water partition coefficient (Wildman–Crippen LogP) is 0.128. The number of aromatic nitrogens is 1. The van der Waals surface area contributed by atoms with Crippen LogP contribution in [-0.4, -0.2) is 61.9 Å². The van der Waals surface area contributed by atoms with Gasteiger partial charge in [-0.2, -0.15) is 21.3 Å². The summed E-state index contributed by atoms with van der Waals surface area (Å²) in [7, 11) is 0. The number of benzene rings is 2. The minimum absolute atomic E-state index is 0.00158. The lowest BCUT2D eigenvalue weighted by Crippen LogP contribution is -2.51. The lowest BCUT2D eigenvalue weighted by molar-refractivity contribution is -0.124. The van der Waals surface area contributed by atoms with E-state index in [-0.39, 0.29) is 44.0 Å². The molecule has 6 amide bonds. The van der Waals surface area contributed by atoms with Gasteiger partial charge in [0, 0.05) is 11.1 Å². The number of pyridine rings is 1.